The van der Waals surface area contributed by atoms with Crippen LogP contribution >= 0.6 is 27.3 Å². The van der Waals surface area contributed by atoms with Gasteiger partial charge in [-0.25, -0.2) is 21.6 Å². The molecule has 0 bridgehead atoms. The molecule has 2 N–H and O–H groups in total. The van der Waals surface area contributed by atoms with E-state index in [4.69, 9.17) is 0 Å². The Morgan fingerprint density at radius 2 is 1.67 bits per heavy atom. The van der Waals surface area contributed by atoms with Crippen LogP contribution in [-0.2, 0) is 10.0 Å². The molecule has 0 fully saturated rings. The van der Waals surface area contributed by atoms with E-state index in [0.29, 0.717) is 9.35 Å². The van der Waals surface area contributed by atoms with Crippen LogP contribution in [0.25, 0.3) is 0 Å². The maximum absolute atomic E-state index is 14.3. The molecule has 1 aromatic heterocycles. The average Bonchev–Trinajstić information content (AvgIpc) is 3.03. The lowest BCUT2D eigenvalue weighted by Gasteiger charge is -2.15. The Balaban J connectivity index is 2.02. The van der Waals surface area contributed by atoms with Gasteiger partial charge in [0.15, 0.2) is 11.6 Å². The Hall–Kier alpha value is -2.04. The van der Waals surface area contributed by atoms with Crippen molar-refractivity contribution in [3.8, 4) is 0 Å². The third-order valence-electron chi connectivity index (χ3n) is 3.54. The molecule has 4 nitrogen and oxygen atoms in total. The smallest absolute Gasteiger partial charge is 0.271 e. The van der Waals surface area contributed by atoms with E-state index in [2.05, 4.69) is 26.0 Å². The van der Waals surface area contributed by atoms with E-state index in [-0.39, 0.29) is 15.6 Å². The predicted octanol–water partition coefficient (Wildman–Crippen LogP) is 5.78. The molecule has 0 aliphatic heterocycles. The summed E-state index contributed by atoms with van der Waals surface area (Å²) >= 11 is 4.12. The summed E-state index contributed by atoms with van der Waals surface area (Å²) in [5.74, 6) is -3.22. The van der Waals surface area contributed by atoms with Gasteiger partial charge in [0, 0.05) is 0 Å². The van der Waals surface area contributed by atoms with E-state index < -0.39 is 33.2 Å². The zero-order chi connectivity index (χ0) is 19.8. The number of halogens is 4. The molecule has 27 heavy (non-hydrogen) atoms. The highest BCUT2D eigenvalue weighted by Gasteiger charge is 2.22. The molecule has 0 radical (unpaired) electrons. The highest BCUT2D eigenvalue weighted by atomic mass is 79.9. The summed E-state index contributed by atoms with van der Waals surface area (Å²) in [4.78, 5) is 0. The van der Waals surface area contributed by atoms with Gasteiger partial charge in [0.25, 0.3) is 10.0 Å². The zero-order valence-corrected chi connectivity index (χ0v) is 16.9. The topological polar surface area (TPSA) is 58.2 Å². The van der Waals surface area contributed by atoms with Crippen molar-refractivity contribution in [2.45, 2.75) is 11.1 Å². The number of aryl methyl sites for hydroxylation is 1. The Morgan fingerprint density at radius 3 is 2.30 bits per heavy atom. The summed E-state index contributed by atoms with van der Waals surface area (Å²) in [6, 6.07) is 8.90. The Morgan fingerprint density at radius 1 is 0.963 bits per heavy atom. The molecule has 2 aromatic carbocycles. The number of benzene rings is 2. The fourth-order valence-corrected chi connectivity index (χ4v) is 5.33. The van der Waals surface area contributed by atoms with Gasteiger partial charge < -0.3 is 5.32 Å². The lowest BCUT2D eigenvalue weighted by Crippen LogP contribution is -2.14. The Bertz CT molecular complexity index is 1120. The first-order valence-electron chi connectivity index (χ1n) is 7.47. The number of nitrogens with one attached hydrogen (secondary N) is 2. The molecule has 3 rings (SSSR count). The van der Waals surface area contributed by atoms with Crippen LogP contribution in [0, 0.1) is 24.4 Å². The quantitative estimate of drug-likeness (QED) is 0.490. The third-order valence-corrected chi connectivity index (χ3v) is 7.02. The second kappa shape index (κ2) is 7.53. The van der Waals surface area contributed by atoms with Gasteiger partial charge in [0.1, 0.15) is 15.7 Å². The van der Waals surface area contributed by atoms with Crippen LogP contribution < -0.4 is 10.0 Å². The molecular weight excluding hydrogens is 465 g/mol. The van der Waals surface area contributed by atoms with Crippen molar-refractivity contribution >= 4 is 54.4 Å². The van der Waals surface area contributed by atoms with E-state index in [1.165, 1.54) is 18.2 Å². The van der Waals surface area contributed by atoms with Gasteiger partial charge in [0.05, 0.1) is 15.2 Å². The minimum atomic E-state index is -4.04. The second-order valence-corrected chi connectivity index (χ2v) is 9.93. The van der Waals surface area contributed by atoms with Crippen LogP contribution in [0.4, 0.5) is 30.2 Å². The maximum atomic E-state index is 14.3. The summed E-state index contributed by atoms with van der Waals surface area (Å²) in [6.45, 7) is 1.67. The standard InChI is InChI=1S/C17H12BrF3N2O2S2/c1-9-2-4-12(11(20)8-9)22-17-13(5-3-10(19)16(17)21)23-27(24,25)15-7-6-14(18)26-15/h2-8,22-23H,1H3. The molecule has 0 saturated heterocycles. The first kappa shape index (κ1) is 19.7. The molecule has 0 aliphatic rings. The van der Waals surface area contributed by atoms with E-state index in [0.717, 1.165) is 23.5 Å². The Labute approximate surface area is 166 Å². The van der Waals surface area contributed by atoms with Gasteiger partial charge in [-0.3, -0.25) is 4.72 Å². The van der Waals surface area contributed by atoms with Crippen LogP contribution in [0.5, 0.6) is 0 Å². The monoisotopic (exact) mass is 476 g/mol. The van der Waals surface area contributed by atoms with Crippen molar-refractivity contribution < 1.29 is 21.6 Å². The fraction of sp³-hybridized carbons (Fsp3) is 0.0588. The van der Waals surface area contributed by atoms with Crippen molar-refractivity contribution in [3.63, 3.8) is 0 Å². The first-order valence-corrected chi connectivity index (χ1v) is 10.6. The molecule has 0 saturated carbocycles. The average molecular weight is 477 g/mol. The number of anilines is 3. The van der Waals surface area contributed by atoms with Crippen LogP contribution in [0.3, 0.4) is 0 Å². The largest absolute Gasteiger partial charge is 0.349 e. The Kier molecular flexibility index (Phi) is 5.50. The van der Waals surface area contributed by atoms with Crippen LogP contribution in [0.2, 0.25) is 0 Å². The van der Waals surface area contributed by atoms with E-state index >= 15 is 0 Å². The van der Waals surface area contributed by atoms with Crippen molar-refractivity contribution in [2.75, 3.05) is 10.0 Å². The molecule has 0 atom stereocenters. The summed E-state index contributed by atoms with van der Waals surface area (Å²) in [5, 5.41) is 2.43. The molecular formula is C17H12BrF3N2O2S2. The van der Waals surface area contributed by atoms with E-state index in [1.54, 1.807) is 19.1 Å². The molecule has 3 aromatic rings. The van der Waals surface area contributed by atoms with Crippen LogP contribution in [0.1, 0.15) is 5.56 Å². The van der Waals surface area contributed by atoms with Crippen molar-refractivity contribution in [3.05, 3.63) is 69.3 Å². The number of hydrogen-bond donors (Lipinski definition) is 2. The molecule has 142 valence electrons. The van der Waals surface area contributed by atoms with Crippen LogP contribution in [0.15, 0.2) is 50.5 Å². The minimum Gasteiger partial charge on any atom is -0.349 e. The lowest BCUT2D eigenvalue weighted by atomic mass is 10.2. The molecule has 0 spiro atoms. The summed E-state index contributed by atoms with van der Waals surface area (Å²) in [5.41, 5.74) is -0.248. The van der Waals surface area contributed by atoms with Crippen LogP contribution in [-0.4, -0.2) is 8.42 Å². The number of rotatable bonds is 5. The zero-order valence-electron chi connectivity index (χ0n) is 13.7. The van der Waals surface area contributed by atoms with Gasteiger partial charge >= 0.3 is 0 Å². The van der Waals surface area contributed by atoms with Gasteiger partial charge in [-0.05, 0) is 64.8 Å². The summed E-state index contributed by atoms with van der Waals surface area (Å²) in [6.07, 6.45) is 0. The van der Waals surface area contributed by atoms with Gasteiger partial charge in [0.2, 0.25) is 0 Å². The van der Waals surface area contributed by atoms with Gasteiger partial charge in [-0.15, -0.1) is 11.3 Å². The third kappa shape index (κ3) is 4.28. The highest BCUT2D eigenvalue weighted by Crippen LogP contribution is 2.34. The van der Waals surface area contributed by atoms with Crippen molar-refractivity contribution in [1.29, 1.82) is 0 Å². The molecule has 10 heteroatoms. The van der Waals surface area contributed by atoms with Crippen molar-refractivity contribution in [1.82, 2.24) is 0 Å². The number of thiophene rings is 1. The normalized spacial score (nSPS) is 11.4. The van der Waals surface area contributed by atoms with E-state index in [1.807, 2.05) is 0 Å². The fourth-order valence-electron chi connectivity index (χ4n) is 2.25. The summed E-state index contributed by atoms with van der Waals surface area (Å²) < 4.78 is 69.9. The molecule has 1 heterocycles. The summed E-state index contributed by atoms with van der Waals surface area (Å²) in [7, 11) is -4.04. The first-order chi connectivity index (χ1) is 12.7. The minimum absolute atomic E-state index is 0.0217. The number of sulfonamides is 1. The lowest BCUT2D eigenvalue weighted by molar-refractivity contribution is 0.512. The van der Waals surface area contributed by atoms with Crippen molar-refractivity contribution in [2.24, 2.45) is 0 Å². The SMILES string of the molecule is Cc1ccc(Nc2c(NS(=O)(=O)c3ccc(Br)s3)ccc(F)c2F)c(F)c1. The predicted molar refractivity (Wildman–Crippen MR) is 104 cm³/mol. The highest BCUT2D eigenvalue weighted by molar-refractivity contribution is 9.11. The van der Waals surface area contributed by atoms with Gasteiger partial charge in [-0.1, -0.05) is 6.07 Å². The maximum Gasteiger partial charge on any atom is 0.271 e. The molecule has 0 unspecified atom stereocenters. The second-order valence-electron chi connectivity index (χ2n) is 5.56. The molecule has 0 aliphatic carbocycles. The molecule has 0 amide bonds. The number of hydrogen-bond acceptors (Lipinski definition) is 4. The van der Waals surface area contributed by atoms with E-state index in [9.17, 15) is 21.6 Å². The van der Waals surface area contributed by atoms with Gasteiger partial charge in [-0.2, -0.15) is 0 Å².